The van der Waals surface area contributed by atoms with Gasteiger partial charge in [0.25, 0.3) is 0 Å². The number of hydrogen-bond acceptors (Lipinski definition) is 5. The molecule has 9 heteroatoms. The maximum atomic E-state index is 13.3. The molecule has 0 amide bonds. The molecule has 0 unspecified atom stereocenters. The minimum atomic E-state index is -3.86. The molecule has 1 aromatic carbocycles. The number of sulfonamides is 1. The van der Waals surface area contributed by atoms with Crippen molar-refractivity contribution < 1.29 is 17.7 Å². The topological polar surface area (TPSA) is 92.6 Å². The Morgan fingerprint density at radius 3 is 2.80 bits per heavy atom. The summed E-state index contributed by atoms with van der Waals surface area (Å²) in [6, 6.07) is 2.35. The summed E-state index contributed by atoms with van der Waals surface area (Å²) in [7, 11) is -3.86. The van der Waals surface area contributed by atoms with E-state index in [2.05, 4.69) is 5.32 Å². The molecule has 0 aromatic heterocycles. The van der Waals surface area contributed by atoms with Crippen molar-refractivity contribution in [1.29, 1.82) is 0 Å². The van der Waals surface area contributed by atoms with Crippen LogP contribution >= 0.6 is 0 Å². The molecule has 1 atom stereocenters. The van der Waals surface area contributed by atoms with Gasteiger partial charge in [-0.25, -0.2) is 8.42 Å². The van der Waals surface area contributed by atoms with Gasteiger partial charge in [-0.1, -0.05) is 0 Å². The lowest BCUT2D eigenvalue weighted by atomic mass is 10.3. The minimum absolute atomic E-state index is 0.264. The van der Waals surface area contributed by atoms with Crippen molar-refractivity contribution in [3.8, 4) is 0 Å². The van der Waals surface area contributed by atoms with Crippen molar-refractivity contribution in [1.82, 2.24) is 9.62 Å². The molecule has 0 bridgehead atoms. The van der Waals surface area contributed by atoms with Gasteiger partial charge in [-0.05, 0) is 19.1 Å². The van der Waals surface area contributed by atoms with E-state index in [9.17, 15) is 22.9 Å². The Balaban J connectivity index is 2.44. The zero-order valence-corrected chi connectivity index (χ0v) is 11.6. The predicted octanol–water partition coefficient (Wildman–Crippen LogP) is 0.716. The molecule has 1 N–H and O–H groups in total. The molecule has 20 heavy (non-hydrogen) atoms. The Kier molecular flexibility index (Phi) is 4.02. The average Bonchev–Trinajstić information content (AvgIpc) is 2.38. The molecule has 0 saturated carbocycles. The fraction of sp³-hybridized carbons (Fsp3) is 0.455. The standard InChI is InChI=1S/C11H14FN3O4S/c1-8-7-13-4-5-14(8)20(18,19)9-2-3-10(12)11(6-9)15(16)17/h2-3,6,8,13H,4-5,7H2,1H3/t8-/m0/s1. The zero-order chi connectivity index (χ0) is 14.9. The van der Waals surface area contributed by atoms with Gasteiger partial charge in [0.15, 0.2) is 0 Å². The second-order valence-electron chi connectivity index (χ2n) is 4.54. The van der Waals surface area contributed by atoms with Crippen LogP contribution in [-0.4, -0.2) is 43.3 Å². The summed E-state index contributed by atoms with van der Waals surface area (Å²) in [5, 5.41) is 13.7. The lowest BCUT2D eigenvalue weighted by Gasteiger charge is -2.32. The van der Waals surface area contributed by atoms with Crippen molar-refractivity contribution in [3.63, 3.8) is 0 Å². The van der Waals surface area contributed by atoms with Crippen LogP contribution < -0.4 is 5.32 Å². The van der Waals surface area contributed by atoms with Crippen LogP contribution in [0.3, 0.4) is 0 Å². The summed E-state index contributed by atoms with van der Waals surface area (Å²) in [6.07, 6.45) is 0. The number of nitro benzene ring substituents is 1. The number of halogens is 1. The molecule has 2 rings (SSSR count). The van der Waals surface area contributed by atoms with Crippen molar-refractivity contribution >= 4 is 15.7 Å². The van der Waals surface area contributed by atoms with Gasteiger partial charge in [-0.15, -0.1) is 0 Å². The number of rotatable bonds is 3. The zero-order valence-electron chi connectivity index (χ0n) is 10.7. The van der Waals surface area contributed by atoms with Gasteiger partial charge in [0.1, 0.15) is 0 Å². The Labute approximate surface area is 115 Å². The second kappa shape index (κ2) is 5.43. The van der Waals surface area contributed by atoms with Crippen molar-refractivity contribution in [2.75, 3.05) is 19.6 Å². The van der Waals surface area contributed by atoms with Gasteiger partial charge in [0.05, 0.1) is 9.82 Å². The van der Waals surface area contributed by atoms with Crippen LogP contribution in [0.5, 0.6) is 0 Å². The second-order valence-corrected chi connectivity index (χ2v) is 6.43. The summed E-state index contributed by atoms with van der Waals surface area (Å²) < 4.78 is 39.4. The van der Waals surface area contributed by atoms with E-state index in [4.69, 9.17) is 0 Å². The lowest BCUT2D eigenvalue weighted by Crippen LogP contribution is -2.52. The van der Waals surface area contributed by atoms with E-state index in [0.29, 0.717) is 13.1 Å². The number of piperazine rings is 1. The van der Waals surface area contributed by atoms with E-state index in [0.717, 1.165) is 18.2 Å². The van der Waals surface area contributed by atoms with Crippen molar-refractivity contribution in [2.24, 2.45) is 0 Å². The first kappa shape index (κ1) is 14.8. The third-order valence-corrected chi connectivity index (χ3v) is 5.17. The molecular weight excluding hydrogens is 289 g/mol. The minimum Gasteiger partial charge on any atom is -0.314 e. The Bertz CT molecular complexity index is 635. The summed E-state index contributed by atoms with van der Waals surface area (Å²) in [6.45, 7) is 3.02. The van der Waals surface area contributed by atoms with E-state index >= 15 is 0 Å². The third kappa shape index (κ3) is 2.65. The molecule has 110 valence electrons. The number of hydrogen-bond donors (Lipinski definition) is 1. The van der Waals surface area contributed by atoms with Gasteiger partial charge in [0, 0.05) is 31.7 Å². The number of nitrogens with zero attached hydrogens (tertiary/aromatic N) is 2. The smallest absolute Gasteiger partial charge is 0.306 e. The van der Waals surface area contributed by atoms with Gasteiger partial charge in [0.2, 0.25) is 15.8 Å². The summed E-state index contributed by atoms with van der Waals surface area (Å²) in [5.74, 6) is -1.05. The van der Waals surface area contributed by atoms with Gasteiger partial charge < -0.3 is 5.32 Å². The van der Waals surface area contributed by atoms with Gasteiger partial charge in [-0.2, -0.15) is 8.70 Å². The van der Waals surface area contributed by atoms with E-state index in [1.807, 2.05) is 0 Å². The van der Waals surface area contributed by atoms with Crippen LogP contribution in [0.4, 0.5) is 10.1 Å². The summed E-state index contributed by atoms with van der Waals surface area (Å²) >= 11 is 0. The number of nitro groups is 1. The quantitative estimate of drug-likeness (QED) is 0.656. The van der Waals surface area contributed by atoms with Crippen LogP contribution in [0.25, 0.3) is 0 Å². The molecule has 1 aliphatic heterocycles. The summed E-state index contributed by atoms with van der Waals surface area (Å²) in [4.78, 5) is 9.49. The van der Waals surface area contributed by atoms with Crippen LogP contribution in [0, 0.1) is 15.9 Å². The Hall–Kier alpha value is -1.58. The maximum Gasteiger partial charge on any atom is 0.306 e. The van der Waals surface area contributed by atoms with E-state index < -0.39 is 26.5 Å². The van der Waals surface area contributed by atoms with Crippen LogP contribution in [-0.2, 0) is 10.0 Å². The predicted molar refractivity (Wildman–Crippen MR) is 69.3 cm³/mol. The highest BCUT2D eigenvalue weighted by molar-refractivity contribution is 7.89. The SMILES string of the molecule is C[C@H]1CNCCN1S(=O)(=O)c1ccc(F)c([N+](=O)[O-])c1. The highest BCUT2D eigenvalue weighted by Crippen LogP contribution is 2.25. The van der Waals surface area contributed by atoms with Crippen LogP contribution in [0.15, 0.2) is 23.1 Å². The highest BCUT2D eigenvalue weighted by Gasteiger charge is 2.32. The van der Waals surface area contributed by atoms with Crippen molar-refractivity contribution in [2.45, 2.75) is 17.9 Å². The molecule has 1 aromatic rings. The number of nitrogens with one attached hydrogen (secondary N) is 1. The number of benzene rings is 1. The molecule has 1 saturated heterocycles. The van der Waals surface area contributed by atoms with Crippen LogP contribution in [0.1, 0.15) is 6.92 Å². The first-order valence-electron chi connectivity index (χ1n) is 6.00. The van der Waals surface area contributed by atoms with E-state index in [-0.39, 0.29) is 17.5 Å². The lowest BCUT2D eigenvalue weighted by molar-refractivity contribution is -0.387. The fourth-order valence-corrected chi connectivity index (χ4v) is 3.76. The highest BCUT2D eigenvalue weighted by atomic mass is 32.2. The van der Waals surface area contributed by atoms with E-state index in [1.54, 1.807) is 6.92 Å². The summed E-state index contributed by atoms with van der Waals surface area (Å²) in [5.41, 5.74) is -0.839. The Morgan fingerprint density at radius 1 is 1.50 bits per heavy atom. The monoisotopic (exact) mass is 303 g/mol. The van der Waals surface area contributed by atoms with Crippen LogP contribution in [0.2, 0.25) is 0 Å². The Morgan fingerprint density at radius 2 is 2.20 bits per heavy atom. The van der Waals surface area contributed by atoms with E-state index in [1.165, 1.54) is 4.31 Å². The third-order valence-electron chi connectivity index (χ3n) is 3.16. The van der Waals surface area contributed by atoms with Gasteiger partial charge >= 0.3 is 5.69 Å². The molecule has 0 radical (unpaired) electrons. The van der Waals surface area contributed by atoms with Gasteiger partial charge in [-0.3, -0.25) is 10.1 Å². The van der Waals surface area contributed by atoms with Crippen molar-refractivity contribution in [3.05, 3.63) is 34.1 Å². The first-order valence-corrected chi connectivity index (χ1v) is 7.44. The fourth-order valence-electron chi connectivity index (χ4n) is 2.11. The average molecular weight is 303 g/mol. The largest absolute Gasteiger partial charge is 0.314 e. The molecular formula is C11H14FN3O4S. The molecule has 1 heterocycles. The first-order chi connectivity index (χ1) is 9.34. The molecule has 1 aliphatic rings. The maximum absolute atomic E-state index is 13.3. The molecule has 0 aliphatic carbocycles. The molecule has 7 nitrogen and oxygen atoms in total. The molecule has 1 fully saturated rings. The molecule has 0 spiro atoms. The normalized spacial score (nSPS) is 20.8.